The lowest BCUT2D eigenvalue weighted by atomic mass is 9.89. The van der Waals surface area contributed by atoms with Crippen molar-refractivity contribution in [2.45, 2.75) is 25.5 Å². The third kappa shape index (κ3) is 6.50. The first-order valence-electron chi connectivity index (χ1n) is 9.62. The summed E-state index contributed by atoms with van der Waals surface area (Å²) in [6, 6.07) is 16.1. The maximum absolute atomic E-state index is 6.09. The van der Waals surface area contributed by atoms with Crippen molar-refractivity contribution >= 4 is 29.9 Å². The highest BCUT2D eigenvalue weighted by Gasteiger charge is 2.27. The van der Waals surface area contributed by atoms with E-state index in [4.69, 9.17) is 19.9 Å². The summed E-state index contributed by atoms with van der Waals surface area (Å²) in [7, 11) is 3.24. The lowest BCUT2D eigenvalue weighted by Gasteiger charge is -2.32. The molecular formula is C22H30IN3O3. The highest BCUT2D eigenvalue weighted by molar-refractivity contribution is 14.0. The standard InChI is InChI=1S/C22H29N3O3.HI/c1-26-19-11-10-16(13-20(19)27-2)14-24-22(23)25-15-18-9-6-12-28-21(18)17-7-4-3-5-8-17;/h3-5,7-8,10-11,13,18,21H,6,9,12,14-15H2,1-2H3,(H3,23,24,25);1H. The first-order chi connectivity index (χ1) is 13.7. The monoisotopic (exact) mass is 511 g/mol. The average molecular weight is 511 g/mol. The third-order valence-corrected chi connectivity index (χ3v) is 5.00. The van der Waals surface area contributed by atoms with Crippen LogP contribution in [0.3, 0.4) is 0 Å². The minimum absolute atomic E-state index is 0. The Morgan fingerprint density at radius 3 is 2.62 bits per heavy atom. The molecule has 3 rings (SSSR count). The fourth-order valence-corrected chi connectivity index (χ4v) is 3.51. The molecule has 29 heavy (non-hydrogen) atoms. The van der Waals surface area contributed by atoms with Crippen LogP contribution in [0, 0.1) is 5.92 Å². The van der Waals surface area contributed by atoms with Gasteiger partial charge in [0.25, 0.3) is 0 Å². The van der Waals surface area contributed by atoms with Gasteiger partial charge in [-0.3, -0.25) is 0 Å². The summed E-state index contributed by atoms with van der Waals surface area (Å²) in [5.41, 5.74) is 8.31. The van der Waals surface area contributed by atoms with Gasteiger partial charge in [0.05, 0.1) is 26.9 Å². The Hall–Kier alpha value is -2.00. The molecular weight excluding hydrogens is 481 g/mol. The maximum atomic E-state index is 6.09. The number of halogens is 1. The molecule has 0 aliphatic carbocycles. The second-order valence-electron chi connectivity index (χ2n) is 6.88. The normalized spacial score (nSPS) is 19.2. The zero-order valence-corrected chi connectivity index (χ0v) is 19.3. The molecule has 0 radical (unpaired) electrons. The minimum Gasteiger partial charge on any atom is -0.493 e. The molecule has 2 atom stereocenters. The van der Waals surface area contributed by atoms with Crippen LogP contribution in [0.5, 0.6) is 11.5 Å². The largest absolute Gasteiger partial charge is 0.493 e. The fraction of sp³-hybridized carbons (Fsp3) is 0.409. The van der Waals surface area contributed by atoms with Crippen molar-refractivity contribution in [3.63, 3.8) is 0 Å². The summed E-state index contributed by atoms with van der Waals surface area (Å²) >= 11 is 0. The van der Waals surface area contributed by atoms with Crippen molar-refractivity contribution in [2.75, 3.05) is 27.4 Å². The minimum atomic E-state index is 0. The van der Waals surface area contributed by atoms with Crippen LogP contribution >= 0.6 is 24.0 Å². The first kappa shape index (κ1) is 23.3. The molecule has 2 aromatic carbocycles. The predicted molar refractivity (Wildman–Crippen MR) is 126 cm³/mol. The van der Waals surface area contributed by atoms with Crippen molar-refractivity contribution in [3.05, 3.63) is 59.7 Å². The SMILES string of the molecule is COc1ccc(CN=C(N)NCC2CCCOC2c2ccccc2)cc1OC.I. The Kier molecular flexibility index (Phi) is 9.53. The molecule has 1 aliphatic rings. The van der Waals surface area contributed by atoms with Crippen LogP contribution in [-0.4, -0.2) is 33.3 Å². The van der Waals surface area contributed by atoms with Crippen LogP contribution in [0.1, 0.15) is 30.1 Å². The number of nitrogens with zero attached hydrogens (tertiary/aromatic N) is 1. The van der Waals surface area contributed by atoms with Gasteiger partial charge in [-0.2, -0.15) is 0 Å². The Balaban J connectivity index is 0.00000300. The van der Waals surface area contributed by atoms with E-state index < -0.39 is 0 Å². The molecule has 6 nitrogen and oxygen atoms in total. The molecule has 0 amide bonds. The van der Waals surface area contributed by atoms with Gasteiger partial charge in [-0.25, -0.2) is 4.99 Å². The highest BCUT2D eigenvalue weighted by Crippen LogP contribution is 2.33. The second-order valence-corrected chi connectivity index (χ2v) is 6.88. The molecule has 0 spiro atoms. The molecule has 2 aromatic rings. The highest BCUT2D eigenvalue weighted by atomic mass is 127. The average Bonchev–Trinajstić information content (AvgIpc) is 2.76. The van der Waals surface area contributed by atoms with Crippen molar-refractivity contribution in [1.82, 2.24) is 5.32 Å². The Bertz CT molecular complexity index is 786. The van der Waals surface area contributed by atoms with Gasteiger partial charge < -0.3 is 25.3 Å². The lowest BCUT2D eigenvalue weighted by molar-refractivity contribution is -0.0265. The van der Waals surface area contributed by atoms with Gasteiger partial charge in [0.2, 0.25) is 0 Å². The van der Waals surface area contributed by atoms with E-state index in [2.05, 4.69) is 34.6 Å². The number of aliphatic imine (C=N–C) groups is 1. The van der Waals surface area contributed by atoms with Gasteiger partial charge in [-0.05, 0) is 36.1 Å². The van der Waals surface area contributed by atoms with E-state index >= 15 is 0 Å². The number of ether oxygens (including phenoxy) is 3. The molecule has 1 aliphatic heterocycles. The number of hydrogen-bond donors (Lipinski definition) is 2. The summed E-state index contributed by atoms with van der Waals surface area (Å²) in [5, 5.41) is 3.27. The van der Waals surface area contributed by atoms with Crippen LogP contribution in [0.4, 0.5) is 0 Å². The molecule has 1 heterocycles. The molecule has 1 fully saturated rings. The van der Waals surface area contributed by atoms with Gasteiger partial charge in [-0.1, -0.05) is 36.4 Å². The van der Waals surface area contributed by atoms with E-state index in [0.717, 1.165) is 31.6 Å². The molecule has 2 unspecified atom stereocenters. The van der Waals surface area contributed by atoms with Gasteiger partial charge >= 0.3 is 0 Å². The zero-order chi connectivity index (χ0) is 19.8. The van der Waals surface area contributed by atoms with Crippen molar-refractivity contribution in [3.8, 4) is 11.5 Å². The van der Waals surface area contributed by atoms with E-state index in [-0.39, 0.29) is 30.1 Å². The third-order valence-electron chi connectivity index (χ3n) is 5.00. The summed E-state index contributed by atoms with van der Waals surface area (Å²) < 4.78 is 16.6. The maximum Gasteiger partial charge on any atom is 0.188 e. The van der Waals surface area contributed by atoms with Crippen LogP contribution in [-0.2, 0) is 11.3 Å². The number of methoxy groups -OCH3 is 2. The second kappa shape index (κ2) is 11.9. The van der Waals surface area contributed by atoms with Gasteiger partial charge in [-0.15, -0.1) is 24.0 Å². The number of hydrogen-bond acceptors (Lipinski definition) is 4. The summed E-state index contributed by atoms with van der Waals surface area (Å²) in [6.45, 7) is 2.02. The van der Waals surface area contributed by atoms with Crippen LogP contribution < -0.4 is 20.5 Å². The number of rotatable bonds is 7. The van der Waals surface area contributed by atoms with Crippen molar-refractivity contribution in [1.29, 1.82) is 0 Å². The molecule has 7 heteroatoms. The predicted octanol–water partition coefficient (Wildman–Crippen LogP) is 3.89. The lowest BCUT2D eigenvalue weighted by Crippen LogP contribution is -2.39. The summed E-state index contributed by atoms with van der Waals surface area (Å²) in [6.07, 6.45) is 2.27. The van der Waals surface area contributed by atoms with E-state index in [1.165, 1.54) is 5.56 Å². The van der Waals surface area contributed by atoms with Crippen LogP contribution in [0.2, 0.25) is 0 Å². The molecule has 0 saturated carbocycles. The van der Waals surface area contributed by atoms with E-state index in [1.807, 2.05) is 24.3 Å². The Labute approximate surface area is 189 Å². The molecule has 158 valence electrons. The van der Waals surface area contributed by atoms with E-state index in [0.29, 0.717) is 29.9 Å². The first-order valence-corrected chi connectivity index (χ1v) is 9.62. The zero-order valence-electron chi connectivity index (χ0n) is 17.0. The molecule has 0 bridgehead atoms. The molecule has 3 N–H and O–H groups in total. The molecule has 1 saturated heterocycles. The van der Waals surface area contributed by atoms with Crippen molar-refractivity contribution in [2.24, 2.45) is 16.6 Å². The Morgan fingerprint density at radius 1 is 1.14 bits per heavy atom. The van der Waals surface area contributed by atoms with Crippen LogP contribution in [0.15, 0.2) is 53.5 Å². The number of nitrogens with two attached hydrogens (primary N) is 1. The summed E-state index contributed by atoms with van der Waals surface area (Å²) in [5.74, 6) is 2.19. The smallest absolute Gasteiger partial charge is 0.188 e. The molecule has 0 aromatic heterocycles. The van der Waals surface area contributed by atoms with Gasteiger partial charge in [0.1, 0.15) is 0 Å². The van der Waals surface area contributed by atoms with E-state index in [9.17, 15) is 0 Å². The topological polar surface area (TPSA) is 78.1 Å². The Morgan fingerprint density at radius 2 is 1.90 bits per heavy atom. The quantitative estimate of drug-likeness (QED) is 0.335. The van der Waals surface area contributed by atoms with E-state index in [1.54, 1.807) is 14.2 Å². The van der Waals surface area contributed by atoms with Crippen molar-refractivity contribution < 1.29 is 14.2 Å². The van der Waals surface area contributed by atoms with Gasteiger partial charge in [0, 0.05) is 19.1 Å². The number of nitrogens with one attached hydrogen (secondary N) is 1. The fourth-order valence-electron chi connectivity index (χ4n) is 3.51. The summed E-state index contributed by atoms with van der Waals surface area (Å²) in [4.78, 5) is 4.45. The van der Waals surface area contributed by atoms with Gasteiger partial charge in [0.15, 0.2) is 17.5 Å². The number of guanidine groups is 1. The number of benzene rings is 2. The van der Waals surface area contributed by atoms with Crippen LogP contribution in [0.25, 0.3) is 0 Å².